The van der Waals surface area contributed by atoms with E-state index in [1.54, 1.807) is 4.90 Å². The number of ether oxygens (including phenoxy) is 2. The molecule has 0 N–H and O–H groups in total. The fourth-order valence-electron chi connectivity index (χ4n) is 3.21. The van der Waals surface area contributed by atoms with Crippen molar-refractivity contribution in [2.24, 2.45) is 0 Å². The van der Waals surface area contributed by atoms with Gasteiger partial charge in [-0.05, 0) is 12.1 Å². The van der Waals surface area contributed by atoms with Crippen LogP contribution in [0.15, 0.2) is 24.3 Å². The van der Waals surface area contributed by atoms with Crippen LogP contribution < -0.4 is 4.74 Å². The third-order valence-electron chi connectivity index (χ3n) is 4.66. The average Bonchev–Trinajstić information content (AvgIpc) is 3.15. The molecular formula is C18H22F2N2O3. The average molecular weight is 352 g/mol. The number of hydrogen-bond donors (Lipinski definition) is 0. The normalized spacial score (nSPS) is 20.9. The Hall–Kier alpha value is -1.99. The lowest BCUT2D eigenvalue weighted by Gasteiger charge is -2.36. The van der Waals surface area contributed by atoms with Gasteiger partial charge in [-0.3, -0.25) is 9.69 Å². The van der Waals surface area contributed by atoms with Crippen molar-refractivity contribution in [2.45, 2.75) is 19.0 Å². The van der Waals surface area contributed by atoms with Crippen LogP contribution in [-0.2, 0) is 16.1 Å². The van der Waals surface area contributed by atoms with E-state index in [0.29, 0.717) is 45.0 Å². The second kappa shape index (κ2) is 7.93. The Labute approximate surface area is 145 Å². The van der Waals surface area contributed by atoms with Gasteiger partial charge in [0.05, 0.1) is 20.3 Å². The summed E-state index contributed by atoms with van der Waals surface area (Å²) < 4.78 is 38.5. The second-order valence-corrected chi connectivity index (χ2v) is 6.22. The first-order valence-corrected chi connectivity index (χ1v) is 8.35. The van der Waals surface area contributed by atoms with Crippen molar-refractivity contribution in [2.75, 3.05) is 40.0 Å². The third-order valence-corrected chi connectivity index (χ3v) is 4.66. The Morgan fingerprint density at radius 2 is 2.08 bits per heavy atom. The van der Waals surface area contributed by atoms with Gasteiger partial charge in [-0.15, -0.1) is 0 Å². The van der Waals surface area contributed by atoms with Gasteiger partial charge in [-0.25, -0.2) is 8.78 Å². The summed E-state index contributed by atoms with van der Waals surface area (Å²) in [6.45, 7) is 2.86. The van der Waals surface area contributed by atoms with Gasteiger partial charge < -0.3 is 14.4 Å². The predicted octanol–water partition coefficient (Wildman–Crippen LogP) is 1.96. The number of amides is 1. The van der Waals surface area contributed by atoms with Crippen molar-refractivity contribution in [3.05, 3.63) is 41.5 Å². The van der Waals surface area contributed by atoms with E-state index in [1.807, 2.05) is 17.1 Å². The molecule has 0 radical (unpaired) electrons. The van der Waals surface area contributed by atoms with Crippen molar-refractivity contribution >= 4 is 5.91 Å². The molecule has 1 aromatic carbocycles. The van der Waals surface area contributed by atoms with Crippen LogP contribution in [0.2, 0.25) is 0 Å². The number of nitrogens with zero attached hydrogens (tertiary/aromatic N) is 2. The van der Waals surface area contributed by atoms with E-state index in [4.69, 9.17) is 9.47 Å². The molecule has 0 unspecified atom stereocenters. The summed E-state index contributed by atoms with van der Waals surface area (Å²) in [6.07, 6.45) is 4.21. The van der Waals surface area contributed by atoms with Crippen LogP contribution in [0.3, 0.4) is 0 Å². The number of carbonyl (C=O) groups excluding carboxylic acids is 1. The van der Waals surface area contributed by atoms with Gasteiger partial charge >= 0.3 is 0 Å². The Kier molecular flexibility index (Phi) is 5.65. The minimum Gasteiger partial charge on any atom is -0.496 e. The molecular weight excluding hydrogens is 330 g/mol. The van der Waals surface area contributed by atoms with E-state index in [1.165, 1.54) is 13.2 Å². The number of carbonyl (C=O) groups is 1. The fourth-order valence-corrected chi connectivity index (χ4v) is 3.21. The molecule has 0 saturated carbocycles. The van der Waals surface area contributed by atoms with Gasteiger partial charge in [0.15, 0.2) is 11.6 Å². The van der Waals surface area contributed by atoms with Crippen molar-refractivity contribution in [1.82, 2.24) is 9.80 Å². The Balaban J connectivity index is 1.73. The van der Waals surface area contributed by atoms with E-state index in [-0.39, 0.29) is 24.1 Å². The van der Waals surface area contributed by atoms with Gasteiger partial charge in [0.2, 0.25) is 5.91 Å². The first-order valence-electron chi connectivity index (χ1n) is 8.35. The molecule has 0 bridgehead atoms. The van der Waals surface area contributed by atoms with E-state index in [9.17, 15) is 13.6 Å². The molecule has 136 valence electrons. The molecule has 3 rings (SSSR count). The highest BCUT2D eigenvalue weighted by molar-refractivity contribution is 5.77. The first-order chi connectivity index (χ1) is 12.1. The summed E-state index contributed by atoms with van der Waals surface area (Å²) in [6, 6.07) is 2.30. The van der Waals surface area contributed by atoms with Crippen molar-refractivity contribution in [1.29, 1.82) is 0 Å². The predicted molar refractivity (Wildman–Crippen MR) is 88.3 cm³/mol. The summed E-state index contributed by atoms with van der Waals surface area (Å²) in [5.74, 6) is -1.46. The third kappa shape index (κ3) is 3.99. The Morgan fingerprint density at radius 3 is 2.80 bits per heavy atom. The van der Waals surface area contributed by atoms with Crippen molar-refractivity contribution in [3.8, 4) is 5.75 Å². The minimum atomic E-state index is -0.903. The number of methoxy groups -OCH3 is 1. The SMILES string of the molecule is COc1ccc(F)c(F)c1CN1CCOC[C@H]1CC(=O)N1CC=CC1. The zero-order valence-corrected chi connectivity index (χ0v) is 14.2. The Bertz CT molecular complexity index is 658. The van der Waals surface area contributed by atoms with Crippen LogP contribution in [0.25, 0.3) is 0 Å². The molecule has 25 heavy (non-hydrogen) atoms. The van der Waals surface area contributed by atoms with E-state index >= 15 is 0 Å². The number of halogens is 2. The van der Waals surface area contributed by atoms with Crippen LogP contribution in [0, 0.1) is 11.6 Å². The topological polar surface area (TPSA) is 42.0 Å². The highest BCUT2D eigenvalue weighted by Crippen LogP contribution is 2.27. The molecule has 0 spiro atoms. The molecule has 1 saturated heterocycles. The minimum absolute atomic E-state index is 0.0391. The summed E-state index contributed by atoms with van der Waals surface area (Å²) in [5.41, 5.74) is 0.171. The molecule has 1 fully saturated rings. The quantitative estimate of drug-likeness (QED) is 0.760. The lowest BCUT2D eigenvalue weighted by molar-refractivity contribution is -0.133. The van der Waals surface area contributed by atoms with Gasteiger partial charge in [-0.2, -0.15) is 0 Å². The molecule has 2 heterocycles. The molecule has 2 aliphatic rings. The van der Waals surface area contributed by atoms with Gasteiger partial charge in [0.1, 0.15) is 5.75 Å². The zero-order chi connectivity index (χ0) is 17.8. The molecule has 1 aromatic rings. The monoisotopic (exact) mass is 352 g/mol. The second-order valence-electron chi connectivity index (χ2n) is 6.22. The molecule has 2 aliphatic heterocycles. The number of benzene rings is 1. The molecule has 5 nitrogen and oxygen atoms in total. The molecule has 0 aromatic heterocycles. The molecule has 7 heteroatoms. The van der Waals surface area contributed by atoms with Crippen LogP contribution >= 0.6 is 0 Å². The summed E-state index contributed by atoms with van der Waals surface area (Å²) in [5, 5.41) is 0. The standard InChI is InChI=1S/C18H22F2N2O3/c1-24-16-5-4-15(19)18(20)14(16)11-22-8-9-25-12-13(22)10-17(23)21-6-2-3-7-21/h2-5,13H,6-12H2,1H3/t13-/m1/s1. The van der Waals surface area contributed by atoms with E-state index in [0.717, 1.165) is 6.07 Å². The molecule has 1 amide bonds. The first kappa shape index (κ1) is 17.8. The summed E-state index contributed by atoms with van der Waals surface area (Å²) in [4.78, 5) is 16.1. The van der Waals surface area contributed by atoms with Crippen LogP contribution in [0.1, 0.15) is 12.0 Å². The zero-order valence-electron chi connectivity index (χ0n) is 14.2. The lowest BCUT2D eigenvalue weighted by atomic mass is 10.1. The maximum Gasteiger partial charge on any atom is 0.224 e. The number of morpholine rings is 1. The molecule has 1 atom stereocenters. The largest absolute Gasteiger partial charge is 0.496 e. The number of rotatable bonds is 5. The van der Waals surface area contributed by atoms with Gasteiger partial charge in [0.25, 0.3) is 0 Å². The van der Waals surface area contributed by atoms with Gasteiger partial charge in [-0.1, -0.05) is 12.2 Å². The van der Waals surface area contributed by atoms with Crippen LogP contribution in [0.5, 0.6) is 5.75 Å². The van der Waals surface area contributed by atoms with Gasteiger partial charge in [0, 0.05) is 44.2 Å². The highest BCUT2D eigenvalue weighted by atomic mass is 19.2. The summed E-state index contributed by atoms with van der Waals surface area (Å²) >= 11 is 0. The smallest absolute Gasteiger partial charge is 0.224 e. The van der Waals surface area contributed by atoms with Crippen LogP contribution in [0.4, 0.5) is 8.78 Å². The maximum absolute atomic E-state index is 14.2. The summed E-state index contributed by atoms with van der Waals surface area (Å²) in [7, 11) is 1.43. The fraction of sp³-hybridized carbons (Fsp3) is 0.500. The van der Waals surface area contributed by atoms with E-state index < -0.39 is 11.6 Å². The number of hydrogen-bond acceptors (Lipinski definition) is 4. The lowest BCUT2D eigenvalue weighted by Crippen LogP contribution is -2.47. The van der Waals surface area contributed by atoms with Crippen molar-refractivity contribution < 1.29 is 23.0 Å². The van der Waals surface area contributed by atoms with Crippen LogP contribution in [-0.4, -0.2) is 61.7 Å². The Morgan fingerprint density at radius 1 is 1.32 bits per heavy atom. The van der Waals surface area contributed by atoms with E-state index in [2.05, 4.69) is 0 Å². The van der Waals surface area contributed by atoms with Crippen molar-refractivity contribution in [3.63, 3.8) is 0 Å². The maximum atomic E-state index is 14.2. The molecule has 0 aliphatic carbocycles. The highest BCUT2D eigenvalue weighted by Gasteiger charge is 2.29.